The fourth-order valence-corrected chi connectivity index (χ4v) is 3.63. The average Bonchev–Trinajstić information content (AvgIpc) is 3.05. The van der Waals surface area contributed by atoms with Gasteiger partial charge in [0.25, 0.3) is 0 Å². The van der Waals surface area contributed by atoms with Crippen LogP contribution in [-0.2, 0) is 16.0 Å². The van der Waals surface area contributed by atoms with E-state index in [9.17, 15) is 9.59 Å². The van der Waals surface area contributed by atoms with E-state index in [4.69, 9.17) is 9.84 Å². The van der Waals surface area contributed by atoms with Crippen molar-refractivity contribution in [3.05, 3.63) is 83.7 Å². The molecule has 1 amide bonds. The van der Waals surface area contributed by atoms with Crippen molar-refractivity contribution < 1.29 is 19.4 Å². The van der Waals surface area contributed by atoms with E-state index < -0.39 is 12.1 Å². The summed E-state index contributed by atoms with van der Waals surface area (Å²) in [5.74, 6) is -0.864. The smallest absolute Gasteiger partial charge is 0.411 e. The Balaban J connectivity index is 1.38. The van der Waals surface area contributed by atoms with Crippen LogP contribution in [0.1, 0.15) is 29.2 Å². The molecule has 1 aromatic heterocycles. The number of rotatable bonds is 6. The second kappa shape index (κ2) is 8.14. The van der Waals surface area contributed by atoms with Crippen LogP contribution >= 0.6 is 0 Å². The number of carbonyl (C=O) groups excluding carboxylic acids is 1. The van der Waals surface area contributed by atoms with Gasteiger partial charge in [-0.05, 0) is 34.4 Å². The highest BCUT2D eigenvalue weighted by atomic mass is 16.5. The molecule has 0 bridgehead atoms. The molecule has 0 fully saturated rings. The van der Waals surface area contributed by atoms with Gasteiger partial charge in [0.15, 0.2) is 0 Å². The number of nitrogens with one attached hydrogen (secondary N) is 1. The number of hydrogen-bond donors (Lipinski definition) is 2. The van der Waals surface area contributed by atoms with Gasteiger partial charge in [0.1, 0.15) is 6.61 Å². The minimum Gasteiger partial charge on any atom is -0.481 e. The van der Waals surface area contributed by atoms with Crippen LogP contribution in [0.2, 0.25) is 0 Å². The number of carbonyl (C=O) groups is 2. The fraction of sp³-hybridized carbons (Fsp3) is 0.174. The number of aromatic nitrogens is 1. The summed E-state index contributed by atoms with van der Waals surface area (Å²) in [6, 6.07) is 19.7. The van der Waals surface area contributed by atoms with Gasteiger partial charge in [0.2, 0.25) is 0 Å². The van der Waals surface area contributed by atoms with E-state index in [1.54, 1.807) is 12.1 Å². The number of carboxylic acid groups (broad SMARTS) is 1. The van der Waals surface area contributed by atoms with Crippen molar-refractivity contribution in [3.63, 3.8) is 0 Å². The zero-order valence-electron chi connectivity index (χ0n) is 15.7. The molecule has 0 radical (unpaired) electrons. The van der Waals surface area contributed by atoms with E-state index in [1.165, 1.54) is 17.3 Å². The monoisotopic (exact) mass is 388 g/mol. The van der Waals surface area contributed by atoms with E-state index in [0.717, 1.165) is 11.1 Å². The lowest BCUT2D eigenvalue weighted by molar-refractivity contribution is -0.136. The number of aliphatic carboxylic acids is 1. The van der Waals surface area contributed by atoms with Crippen molar-refractivity contribution in [2.75, 3.05) is 11.9 Å². The zero-order valence-corrected chi connectivity index (χ0v) is 15.7. The number of anilines is 1. The molecule has 3 aromatic rings. The lowest BCUT2D eigenvalue weighted by atomic mass is 9.98. The number of pyridine rings is 1. The van der Waals surface area contributed by atoms with Crippen LogP contribution in [0.15, 0.2) is 66.9 Å². The van der Waals surface area contributed by atoms with E-state index in [-0.39, 0.29) is 18.9 Å². The van der Waals surface area contributed by atoms with Gasteiger partial charge in [-0.1, -0.05) is 48.5 Å². The van der Waals surface area contributed by atoms with Crippen LogP contribution in [0.4, 0.5) is 10.5 Å². The largest absolute Gasteiger partial charge is 0.481 e. The summed E-state index contributed by atoms with van der Waals surface area (Å²) in [6.07, 6.45) is 1.32. The van der Waals surface area contributed by atoms with Crippen molar-refractivity contribution in [3.8, 4) is 11.1 Å². The predicted molar refractivity (Wildman–Crippen MR) is 109 cm³/mol. The van der Waals surface area contributed by atoms with Gasteiger partial charge >= 0.3 is 12.1 Å². The van der Waals surface area contributed by atoms with Gasteiger partial charge < -0.3 is 9.84 Å². The molecule has 6 nitrogen and oxygen atoms in total. The highest BCUT2D eigenvalue weighted by Crippen LogP contribution is 2.44. The number of benzene rings is 2. The molecular weight excluding hydrogens is 368 g/mol. The number of amides is 1. The molecule has 1 aliphatic rings. The Morgan fingerprint density at radius 1 is 0.966 bits per heavy atom. The molecule has 1 heterocycles. The third-order valence-electron chi connectivity index (χ3n) is 5.01. The van der Waals surface area contributed by atoms with Gasteiger partial charge in [0, 0.05) is 18.0 Å². The molecule has 0 aliphatic heterocycles. The van der Waals surface area contributed by atoms with E-state index in [0.29, 0.717) is 17.8 Å². The third-order valence-corrected chi connectivity index (χ3v) is 5.01. The molecule has 4 rings (SSSR count). The second-order valence-electron chi connectivity index (χ2n) is 6.88. The Labute approximate surface area is 168 Å². The summed E-state index contributed by atoms with van der Waals surface area (Å²) in [5, 5.41) is 11.4. The first-order valence-electron chi connectivity index (χ1n) is 9.40. The number of hydrogen-bond acceptors (Lipinski definition) is 4. The molecule has 29 heavy (non-hydrogen) atoms. The van der Waals surface area contributed by atoms with Gasteiger partial charge in [-0.25, -0.2) is 4.79 Å². The molecule has 2 N–H and O–H groups in total. The van der Waals surface area contributed by atoms with E-state index in [1.807, 2.05) is 24.3 Å². The first-order valence-corrected chi connectivity index (χ1v) is 9.40. The van der Waals surface area contributed by atoms with E-state index >= 15 is 0 Å². The van der Waals surface area contributed by atoms with Gasteiger partial charge in [-0.2, -0.15) is 0 Å². The lowest BCUT2D eigenvalue weighted by Gasteiger charge is -2.14. The van der Waals surface area contributed by atoms with Crippen molar-refractivity contribution in [1.29, 1.82) is 0 Å². The SMILES string of the molecule is O=C(O)CCc1ccc(NC(=O)OCC2c3ccccc3-c3ccccc32)cn1. The number of carboxylic acids is 1. The summed E-state index contributed by atoms with van der Waals surface area (Å²) in [5.41, 5.74) is 5.83. The van der Waals surface area contributed by atoms with Crippen LogP contribution < -0.4 is 5.32 Å². The Bertz CT molecular complexity index is 1000. The molecule has 0 unspecified atom stereocenters. The minimum absolute atomic E-state index is 0.00432. The normalized spacial score (nSPS) is 12.1. The molecule has 2 aromatic carbocycles. The van der Waals surface area contributed by atoms with Crippen LogP contribution in [0.5, 0.6) is 0 Å². The Morgan fingerprint density at radius 2 is 1.62 bits per heavy atom. The zero-order chi connectivity index (χ0) is 20.2. The first kappa shape index (κ1) is 18.7. The van der Waals surface area contributed by atoms with E-state index in [2.05, 4.69) is 34.6 Å². The predicted octanol–water partition coefficient (Wildman–Crippen LogP) is 4.46. The second-order valence-corrected chi connectivity index (χ2v) is 6.88. The quantitative estimate of drug-likeness (QED) is 0.651. The minimum atomic E-state index is -0.868. The summed E-state index contributed by atoms with van der Waals surface area (Å²) < 4.78 is 5.50. The summed E-state index contributed by atoms with van der Waals surface area (Å²) >= 11 is 0. The molecule has 0 saturated heterocycles. The van der Waals surface area contributed by atoms with Crippen molar-refractivity contribution in [2.45, 2.75) is 18.8 Å². The molecule has 146 valence electrons. The van der Waals surface area contributed by atoms with Crippen LogP contribution in [-0.4, -0.2) is 28.8 Å². The highest BCUT2D eigenvalue weighted by molar-refractivity contribution is 5.84. The average molecular weight is 388 g/mol. The van der Waals surface area contributed by atoms with Crippen LogP contribution in [0, 0.1) is 0 Å². The van der Waals surface area contributed by atoms with Crippen LogP contribution in [0.3, 0.4) is 0 Å². The summed E-state index contributed by atoms with van der Waals surface area (Å²) in [4.78, 5) is 27.0. The summed E-state index contributed by atoms with van der Waals surface area (Å²) in [7, 11) is 0. The third kappa shape index (κ3) is 4.11. The maximum atomic E-state index is 12.3. The highest BCUT2D eigenvalue weighted by Gasteiger charge is 2.28. The lowest BCUT2D eigenvalue weighted by Crippen LogP contribution is -2.18. The molecule has 1 aliphatic carbocycles. The number of ether oxygens (including phenoxy) is 1. The van der Waals surface area contributed by atoms with Gasteiger partial charge in [-0.15, -0.1) is 0 Å². The fourth-order valence-electron chi connectivity index (χ4n) is 3.63. The number of aryl methyl sites for hydroxylation is 1. The standard InChI is InChI=1S/C23H20N2O4/c26-22(27)12-11-15-9-10-16(13-24-15)25-23(28)29-14-21-19-7-3-1-5-17(19)18-6-2-4-8-20(18)21/h1-10,13,21H,11-12,14H2,(H,25,28)(H,26,27). The first-order chi connectivity index (χ1) is 14.1. The topological polar surface area (TPSA) is 88.5 Å². The number of fused-ring (bicyclic) bond motifs is 3. The maximum absolute atomic E-state index is 12.3. The number of nitrogens with zero attached hydrogens (tertiary/aromatic N) is 1. The Hall–Kier alpha value is -3.67. The van der Waals surface area contributed by atoms with Gasteiger partial charge in [-0.3, -0.25) is 15.1 Å². The molecule has 0 atom stereocenters. The van der Waals surface area contributed by atoms with Crippen molar-refractivity contribution in [2.24, 2.45) is 0 Å². The van der Waals surface area contributed by atoms with Crippen molar-refractivity contribution in [1.82, 2.24) is 4.98 Å². The molecule has 6 heteroatoms. The molecule has 0 spiro atoms. The van der Waals surface area contributed by atoms with Gasteiger partial charge in [0.05, 0.1) is 18.3 Å². The van der Waals surface area contributed by atoms with Crippen LogP contribution in [0.25, 0.3) is 11.1 Å². The maximum Gasteiger partial charge on any atom is 0.411 e. The Kier molecular flexibility index (Phi) is 5.24. The molecule has 0 saturated carbocycles. The Morgan fingerprint density at radius 3 is 2.21 bits per heavy atom. The summed E-state index contributed by atoms with van der Waals surface area (Å²) in [6.45, 7) is 0.240. The molecular formula is C23H20N2O4. The van der Waals surface area contributed by atoms with Crippen molar-refractivity contribution >= 4 is 17.7 Å².